The van der Waals surface area contributed by atoms with Gasteiger partial charge in [-0.25, -0.2) is 0 Å². The van der Waals surface area contributed by atoms with Crippen molar-refractivity contribution in [3.05, 3.63) is 0 Å². The molecule has 3 nitrogen and oxygen atoms in total. The number of primary amides is 1. The van der Waals surface area contributed by atoms with E-state index in [0.717, 1.165) is 37.6 Å². The van der Waals surface area contributed by atoms with E-state index in [-0.39, 0.29) is 11.4 Å². The summed E-state index contributed by atoms with van der Waals surface area (Å²) in [6.45, 7) is 7.62. The molecule has 3 N–H and O–H groups in total. The lowest BCUT2D eigenvalue weighted by Gasteiger charge is -2.50. The minimum Gasteiger partial charge on any atom is -0.370 e. The summed E-state index contributed by atoms with van der Waals surface area (Å²) < 4.78 is 0. The molecule has 1 rings (SSSR count). The lowest BCUT2D eigenvalue weighted by atomic mass is 9.62. The number of nitrogens with one attached hydrogen (secondary N) is 1. The van der Waals surface area contributed by atoms with Crippen LogP contribution in [0, 0.1) is 11.8 Å². The molecule has 1 aliphatic carbocycles. The lowest BCUT2D eigenvalue weighted by molar-refractivity contribution is -0.121. The molecule has 0 atom stereocenters. The summed E-state index contributed by atoms with van der Waals surface area (Å²) in [4.78, 5) is 11.0. The van der Waals surface area contributed by atoms with Crippen molar-refractivity contribution < 1.29 is 4.79 Å². The topological polar surface area (TPSA) is 55.1 Å². The lowest BCUT2D eigenvalue weighted by Crippen LogP contribution is -2.58. The fourth-order valence-electron chi connectivity index (χ4n) is 2.49. The van der Waals surface area contributed by atoms with Gasteiger partial charge in [-0.1, -0.05) is 20.8 Å². The van der Waals surface area contributed by atoms with Crippen molar-refractivity contribution in [2.45, 2.75) is 52.0 Å². The molecule has 0 unspecified atom stereocenters. The number of carbonyl (C=O) groups is 1. The summed E-state index contributed by atoms with van der Waals surface area (Å²) in [5.41, 5.74) is 5.33. The van der Waals surface area contributed by atoms with Crippen molar-refractivity contribution in [2.75, 3.05) is 6.54 Å². The van der Waals surface area contributed by atoms with E-state index in [4.69, 9.17) is 5.73 Å². The zero-order chi connectivity index (χ0) is 11.5. The molecule has 0 radical (unpaired) electrons. The van der Waals surface area contributed by atoms with Crippen LogP contribution in [0.4, 0.5) is 0 Å². The van der Waals surface area contributed by atoms with Crippen molar-refractivity contribution in [2.24, 2.45) is 17.6 Å². The third-order valence-corrected chi connectivity index (χ3v) is 3.51. The van der Waals surface area contributed by atoms with Crippen LogP contribution in [0.1, 0.15) is 46.5 Å². The van der Waals surface area contributed by atoms with E-state index in [9.17, 15) is 4.79 Å². The molecule has 1 aliphatic rings. The van der Waals surface area contributed by atoms with E-state index >= 15 is 0 Å². The number of amides is 1. The quantitative estimate of drug-likeness (QED) is 0.703. The maximum atomic E-state index is 11.0. The highest BCUT2D eigenvalue weighted by Crippen LogP contribution is 2.44. The summed E-state index contributed by atoms with van der Waals surface area (Å²) in [6.07, 6.45) is 3.81. The normalized spacial score (nSPS) is 30.3. The number of rotatable bonds is 6. The van der Waals surface area contributed by atoms with Gasteiger partial charge in [0, 0.05) is 12.0 Å². The van der Waals surface area contributed by atoms with Gasteiger partial charge >= 0.3 is 0 Å². The van der Waals surface area contributed by atoms with Gasteiger partial charge in [0.1, 0.15) is 0 Å². The van der Waals surface area contributed by atoms with Gasteiger partial charge in [-0.2, -0.15) is 0 Å². The largest absolute Gasteiger partial charge is 0.370 e. The fourth-order valence-corrected chi connectivity index (χ4v) is 2.49. The van der Waals surface area contributed by atoms with E-state index < -0.39 is 0 Å². The van der Waals surface area contributed by atoms with E-state index in [2.05, 4.69) is 26.1 Å². The molecule has 0 saturated heterocycles. The molecule has 1 saturated carbocycles. The molecular formula is C12H24N2O. The molecule has 0 aliphatic heterocycles. The first-order valence-corrected chi connectivity index (χ1v) is 6.02. The van der Waals surface area contributed by atoms with Crippen LogP contribution < -0.4 is 11.1 Å². The Morgan fingerprint density at radius 2 is 2.13 bits per heavy atom. The Balaban J connectivity index is 2.47. The second-order valence-electron chi connectivity index (χ2n) is 5.26. The standard InChI is InChI=1S/C12H24N2O/c1-4-5-14-12(8-11(13)15)6-10(7-12)9(2)3/h9-10,14H,4-8H2,1-3H3,(H2,13,15). The van der Waals surface area contributed by atoms with Crippen molar-refractivity contribution in [3.63, 3.8) is 0 Å². The smallest absolute Gasteiger partial charge is 0.219 e. The first-order chi connectivity index (χ1) is 6.99. The molecule has 0 aromatic rings. The average Bonchev–Trinajstić information content (AvgIpc) is 2.07. The van der Waals surface area contributed by atoms with E-state index in [1.165, 1.54) is 0 Å². The van der Waals surface area contributed by atoms with E-state index in [0.29, 0.717) is 6.42 Å². The minimum atomic E-state index is -0.180. The third-order valence-electron chi connectivity index (χ3n) is 3.51. The van der Waals surface area contributed by atoms with Crippen LogP contribution in [-0.2, 0) is 4.79 Å². The van der Waals surface area contributed by atoms with Crippen LogP contribution in [0.2, 0.25) is 0 Å². The molecule has 3 heteroatoms. The molecule has 0 bridgehead atoms. The Morgan fingerprint density at radius 3 is 2.53 bits per heavy atom. The Kier molecular flexibility index (Phi) is 4.14. The number of hydrogen-bond donors (Lipinski definition) is 2. The first kappa shape index (κ1) is 12.5. The van der Waals surface area contributed by atoms with Gasteiger partial charge in [-0.15, -0.1) is 0 Å². The molecule has 0 heterocycles. The molecule has 0 aromatic heterocycles. The molecule has 1 fully saturated rings. The summed E-state index contributed by atoms with van der Waals surface area (Å²) in [5.74, 6) is 1.30. The summed E-state index contributed by atoms with van der Waals surface area (Å²) in [6, 6.07) is 0. The summed E-state index contributed by atoms with van der Waals surface area (Å²) in [5, 5.41) is 3.50. The van der Waals surface area contributed by atoms with Crippen LogP contribution in [0.15, 0.2) is 0 Å². The van der Waals surface area contributed by atoms with Gasteiger partial charge in [0.2, 0.25) is 5.91 Å². The number of nitrogens with two attached hydrogens (primary N) is 1. The van der Waals surface area contributed by atoms with Crippen LogP contribution >= 0.6 is 0 Å². The highest BCUT2D eigenvalue weighted by atomic mass is 16.1. The fraction of sp³-hybridized carbons (Fsp3) is 0.917. The summed E-state index contributed by atoms with van der Waals surface area (Å²) >= 11 is 0. The second kappa shape index (κ2) is 4.97. The molecule has 88 valence electrons. The second-order valence-corrected chi connectivity index (χ2v) is 5.26. The van der Waals surface area contributed by atoms with E-state index in [1.807, 2.05) is 0 Å². The van der Waals surface area contributed by atoms with Crippen LogP contribution in [0.25, 0.3) is 0 Å². The van der Waals surface area contributed by atoms with Gasteiger partial charge in [0.05, 0.1) is 0 Å². The molecule has 15 heavy (non-hydrogen) atoms. The van der Waals surface area contributed by atoms with E-state index in [1.54, 1.807) is 0 Å². The van der Waals surface area contributed by atoms with Gasteiger partial charge in [0.15, 0.2) is 0 Å². The Labute approximate surface area is 92.8 Å². The van der Waals surface area contributed by atoms with Crippen LogP contribution in [0.5, 0.6) is 0 Å². The Bertz CT molecular complexity index is 220. The SMILES string of the molecule is CCCNC1(CC(N)=O)CC(C(C)C)C1. The number of carbonyl (C=O) groups excluding carboxylic acids is 1. The average molecular weight is 212 g/mol. The third kappa shape index (κ3) is 3.20. The van der Waals surface area contributed by atoms with Crippen molar-refractivity contribution in [1.82, 2.24) is 5.32 Å². The minimum absolute atomic E-state index is 0.0246. The highest BCUT2D eigenvalue weighted by Gasteiger charge is 2.45. The maximum Gasteiger partial charge on any atom is 0.219 e. The van der Waals surface area contributed by atoms with Gasteiger partial charge < -0.3 is 11.1 Å². The summed E-state index contributed by atoms with van der Waals surface area (Å²) in [7, 11) is 0. The molecule has 0 spiro atoms. The zero-order valence-corrected chi connectivity index (χ0v) is 10.2. The maximum absolute atomic E-state index is 11.0. The van der Waals surface area contributed by atoms with Crippen LogP contribution in [0.3, 0.4) is 0 Å². The van der Waals surface area contributed by atoms with Gasteiger partial charge in [-0.05, 0) is 37.6 Å². The number of hydrogen-bond acceptors (Lipinski definition) is 2. The Hall–Kier alpha value is -0.570. The van der Waals surface area contributed by atoms with Crippen molar-refractivity contribution >= 4 is 5.91 Å². The van der Waals surface area contributed by atoms with Crippen molar-refractivity contribution in [1.29, 1.82) is 0 Å². The highest BCUT2D eigenvalue weighted by molar-refractivity contribution is 5.75. The molecule has 0 aromatic carbocycles. The predicted octanol–water partition coefficient (Wildman–Crippen LogP) is 1.67. The zero-order valence-electron chi connectivity index (χ0n) is 10.2. The van der Waals surface area contributed by atoms with Crippen LogP contribution in [-0.4, -0.2) is 18.0 Å². The first-order valence-electron chi connectivity index (χ1n) is 6.02. The molecule has 1 amide bonds. The predicted molar refractivity (Wildman–Crippen MR) is 62.4 cm³/mol. The Morgan fingerprint density at radius 1 is 1.53 bits per heavy atom. The molecular weight excluding hydrogens is 188 g/mol. The van der Waals surface area contributed by atoms with Crippen molar-refractivity contribution in [3.8, 4) is 0 Å². The van der Waals surface area contributed by atoms with Gasteiger partial charge in [-0.3, -0.25) is 4.79 Å². The monoisotopic (exact) mass is 212 g/mol. The van der Waals surface area contributed by atoms with Gasteiger partial charge in [0.25, 0.3) is 0 Å².